The van der Waals surface area contributed by atoms with E-state index in [2.05, 4.69) is 20.4 Å². The molecule has 2 aliphatic rings. The van der Waals surface area contributed by atoms with Crippen LogP contribution in [0.5, 0.6) is 0 Å². The van der Waals surface area contributed by atoms with Crippen LogP contribution in [-0.2, 0) is 0 Å². The van der Waals surface area contributed by atoms with Crippen LogP contribution < -0.4 is 5.32 Å². The Morgan fingerprint density at radius 2 is 2.00 bits per heavy atom. The molecule has 116 valence electrons. The minimum absolute atomic E-state index is 0.158. The third kappa shape index (κ3) is 4.01. The van der Waals surface area contributed by atoms with Crippen molar-refractivity contribution in [3.63, 3.8) is 0 Å². The van der Waals surface area contributed by atoms with Crippen LogP contribution in [0.2, 0.25) is 5.02 Å². The molecule has 1 fully saturated rings. The van der Waals surface area contributed by atoms with E-state index in [0.717, 1.165) is 41.3 Å². The largest absolute Gasteiger partial charge is 0.352 e. The molecule has 0 saturated carbocycles. The first-order valence-corrected chi connectivity index (χ1v) is 8.53. The van der Waals surface area contributed by atoms with E-state index in [9.17, 15) is 4.79 Å². The number of amidine groups is 1. The molecule has 3 rings (SSSR count). The van der Waals surface area contributed by atoms with Crippen molar-refractivity contribution in [2.24, 2.45) is 10.2 Å². The fourth-order valence-corrected chi connectivity index (χ4v) is 3.29. The van der Waals surface area contributed by atoms with Gasteiger partial charge < -0.3 is 10.2 Å². The lowest BCUT2D eigenvalue weighted by atomic mass is 10.2. The molecule has 1 amide bonds. The quantitative estimate of drug-likeness (QED) is 0.835. The average molecular weight is 337 g/mol. The van der Waals surface area contributed by atoms with Crippen molar-refractivity contribution in [1.29, 1.82) is 0 Å². The number of amides is 1. The Hall–Kier alpha value is -1.53. The molecule has 7 heteroatoms. The minimum Gasteiger partial charge on any atom is -0.352 e. The van der Waals surface area contributed by atoms with Gasteiger partial charge in [-0.2, -0.15) is 0 Å². The molecule has 0 radical (unpaired) electrons. The second kappa shape index (κ2) is 7.15. The van der Waals surface area contributed by atoms with Crippen molar-refractivity contribution in [2.75, 3.05) is 18.4 Å². The van der Waals surface area contributed by atoms with E-state index in [1.54, 1.807) is 24.3 Å². The number of thioether (sulfide) groups is 1. The summed E-state index contributed by atoms with van der Waals surface area (Å²) in [5.74, 6) is 1.06. The number of benzene rings is 1. The van der Waals surface area contributed by atoms with Gasteiger partial charge in [-0.15, -0.1) is 10.2 Å². The second-order valence-electron chi connectivity index (χ2n) is 5.26. The maximum absolute atomic E-state index is 12.1. The summed E-state index contributed by atoms with van der Waals surface area (Å²) in [4.78, 5) is 14.3. The van der Waals surface area contributed by atoms with Gasteiger partial charge in [-0.1, -0.05) is 18.0 Å². The van der Waals surface area contributed by atoms with Crippen molar-refractivity contribution >= 4 is 45.2 Å². The molecular formula is C15H17ClN4OS. The summed E-state index contributed by atoms with van der Waals surface area (Å²) >= 11 is 6.93. The lowest BCUT2D eigenvalue weighted by Gasteiger charge is -2.26. The molecule has 22 heavy (non-hydrogen) atoms. The molecule has 0 aliphatic carbocycles. The number of nitrogens with one attached hydrogen (secondary N) is 1. The van der Waals surface area contributed by atoms with Gasteiger partial charge in [-0.05, 0) is 48.9 Å². The van der Waals surface area contributed by atoms with Gasteiger partial charge in [-0.3, -0.25) is 4.79 Å². The Balaban J connectivity index is 1.59. The molecule has 1 aromatic carbocycles. The molecule has 2 heterocycles. The molecule has 5 nitrogen and oxygen atoms in total. The van der Waals surface area contributed by atoms with E-state index in [4.69, 9.17) is 11.6 Å². The van der Waals surface area contributed by atoms with Crippen LogP contribution in [0.3, 0.4) is 0 Å². The normalized spacial score (nSPS) is 18.0. The van der Waals surface area contributed by atoms with Gasteiger partial charge in [0.25, 0.3) is 5.24 Å². The first-order chi connectivity index (χ1) is 10.7. The Morgan fingerprint density at radius 3 is 2.82 bits per heavy atom. The molecule has 0 aromatic heterocycles. The predicted molar refractivity (Wildman–Crippen MR) is 93.0 cm³/mol. The molecule has 1 aromatic rings. The predicted octanol–water partition coefficient (Wildman–Crippen LogP) is 4.21. The van der Waals surface area contributed by atoms with Gasteiger partial charge in [0.2, 0.25) is 0 Å². The zero-order valence-electron chi connectivity index (χ0n) is 12.1. The number of nitrogens with zero attached hydrogens (tertiary/aromatic N) is 3. The first kappa shape index (κ1) is 15.4. The van der Waals surface area contributed by atoms with E-state index in [-0.39, 0.29) is 5.24 Å². The number of hydrogen-bond acceptors (Lipinski definition) is 5. The van der Waals surface area contributed by atoms with Crippen LogP contribution in [0.4, 0.5) is 10.5 Å². The highest BCUT2D eigenvalue weighted by atomic mass is 35.5. The van der Waals surface area contributed by atoms with Crippen LogP contribution in [0.15, 0.2) is 34.5 Å². The number of hydrogen-bond donors (Lipinski definition) is 1. The topological polar surface area (TPSA) is 57.1 Å². The van der Waals surface area contributed by atoms with E-state index in [0.29, 0.717) is 11.6 Å². The standard InChI is InChI=1S/C15H17ClN4OS/c16-11-5-7-12(8-6-11)17-15(21)22-14-10-20-9-3-1-2-4-13(20)18-19-14/h5-8H,1-4,9-10H2,(H,17,21). The van der Waals surface area contributed by atoms with Crippen molar-refractivity contribution in [3.05, 3.63) is 29.3 Å². The highest BCUT2D eigenvalue weighted by molar-refractivity contribution is 8.26. The zero-order valence-corrected chi connectivity index (χ0v) is 13.7. The maximum atomic E-state index is 12.1. The summed E-state index contributed by atoms with van der Waals surface area (Å²) < 4.78 is 0. The summed E-state index contributed by atoms with van der Waals surface area (Å²) in [6.07, 6.45) is 4.56. The third-order valence-corrected chi connectivity index (χ3v) is 4.58. The van der Waals surface area contributed by atoms with Crippen molar-refractivity contribution in [1.82, 2.24) is 4.90 Å². The van der Waals surface area contributed by atoms with E-state index < -0.39 is 0 Å². The van der Waals surface area contributed by atoms with Crippen molar-refractivity contribution in [2.45, 2.75) is 25.7 Å². The molecular weight excluding hydrogens is 320 g/mol. The Labute approximate surface area is 138 Å². The van der Waals surface area contributed by atoms with E-state index in [1.165, 1.54) is 19.3 Å². The van der Waals surface area contributed by atoms with Gasteiger partial charge in [0.15, 0.2) is 0 Å². The van der Waals surface area contributed by atoms with Gasteiger partial charge in [0.05, 0.1) is 6.54 Å². The summed E-state index contributed by atoms with van der Waals surface area (Å²) in [6.45, 7) is 1.68. The van der Waals surface area contributed by atoms with Crippen LogP contribution in [-0.4, -0.2) is 34.1 Å². The van der Waals surface area contributed by atoms with Gasteiger partial charge >= 0.3 is 0 Å². The lowest BCUT2D eigenvalue weighted by Crippen LogP contribution is -2.37. The Kier molecular flexibility index (Phi) is 5.00. The maximum Gasteiger partial charge on any atom is 0.289 e. The van der Waals surface area contributed by atoms with Crippen LogP contribution in [0.25, 0.3) is 0 Å². The van der Waals surface area contributed by atoms with Crippen molar-refractivity contribution in [3.8, 4) is 0 Å². The summed E-state index contributed by atoms with van der Waals surface area (Å²) in [7, 11) is 0. The summed E-state index contributed by atoms with van der Waals surface area (Å²) in [5, 5.41) is 12.5. The smallest absolute Gasteiger partial charge is 0.289 e. The highest BCUT2D eigenvalue weighted by Crippen LogP contribution is 2.21. The van der Waals surface area contributed by atoms with Crippen LogP contribution in [0, 0.1) is 0 Å². The van der Waals surface area contributed by atoms with Gasteiger partial charge in [0.1, 0.15) is 10.9 Å². The fourth-order valence-electron chi connectivity index (χ4n) is 2.48. The summed E-state index contributed by atoms with van der Waals surface area (Å²) in [6, 6.07) is 7.03. The average Bonchev–Trinajstić information content (AvgIpc) is 2.74. The molecule has 1 saturated heterocycles. The van der Waals surface area contributed by atoms with Crippen LogP contribution >= 0.6 is 23.4 Å². The second-order valence-corrected chi connectivity index (χ2v) is 6.75. The van der Waals surface area contributed by atoms with Crippen molar-refractivity contribution < 1.29 is 4.79 Å². The molecule has 1 N–H and O–H groups in total. The SMILES string of the molecule is O=C(Nc1ccc(Cl)cc1)SC1=NN=C2CCCCCN2C1. The number of carbonyl (C=O) groups is 1. The molecule has 0 atom stereocenters. The highest BCUT2D eigenvalue weighted by Gasteiger charge is 2.22. The molecule has 0 bridgehead atoms. The van der Waals surface area contributed by atoms with E-state index in [1.807, 2.05) is 0 Å². The molecule has 2 aliphatic heterocycles. The Bertz CT molecular complexity index is 614. The fraction of sp³-hybridized carbons (Fsp3) is 0.400. The summed E-state index contributed by atoms with van der Waals surface area (Å²) in [5.41, 5.74) is 0.720. The number of anilines is 1. The monoisotopic (exact) mass is 336 g/mol. The van der Waals surface area contributed by atoms with Gasteiger partial charge in [-0.25, -0.2) is 0 Å². The number of carbonyl (C=O) groups excluding carboxylic acids is 1. The first-order valence-electron chi connectivity index (χ1n) is 7.33. The molecule has 0 unspecified atom stereocenters. The Morgan fingerprint density at radius 1 is 1.18 bits per heavy atom. The lowest BCUT2D eigenvalue weighted by molar-refractivity contribution is 0.270. The third-order valence-electron chi connectivity index (χ3n) is 3.60. The minimum atomic E-state index is -0.158. The zero-order chi connectivity index (χ0) is 15.4. The number of halogens is 1. The number of rotatable bonds is 1. The van der Waals surface area contributed by atoms with Gasteiger partial charge in [0, 0.05) is 23.7 Å². The van der Waals surface area contributed by atoms with E-state index >= 15 is 0 Å². The molecule has 0 spiro atoms. The van der Waals surface area contributed by atoms with Crippen LogP contribution in [0.1, 0.15) is 25.7 Å². The number of fused-ring (bicyclic) bond motifs is 1.